The van der Waals surface area contributed by atoms with Crippen LogP contribution in [-0.2, 0) is 9.59 Å². The van der Waals surface area contributed by atoms with Gasteiger partial charge in [0.05, 0.1) is 24.1 Å². The molecule has 0 saturated carbocycles. The molecule has 1 fully saturated rings. The van der Waals surface area contributed by atoms with Crippen molar-refractivity contribution in [3.8, 4) is 0 Å². The first kappa shape index (κ1) is 18.8. The minimum Gasteiger partial charge on any atom is -0.394 e. The highest BCUT2D eigenvalue weighted by molar-refractivity contribution is 9.10. The smallest absolute Gasteiger partial charge is 0.229 e. The minimum atomic E-state index is -0.442. The summed E-state index contributed by atoms with van der Waals surface area (Å²) in [7, 11) is 0. The molecule has 1 aromatic carbocycles. The largest absolute Gasteiger partial charge is 0.394 e. The van der Waals surface area contributed by atoms with E-state index in [2.05, 4.69) is 31.4 Å². The predicted molar refractivity (Wildman–Crippen MR) is 103 cm³/mol. The van der Waals surface area contributed by atoms with Gasteiger partial charge in [-0.05, 0) is 24.1 Å². The van der Waals surface area contributed by atoms with Crippen molar-refractivity contribution in [2.75, 3.05) is 18.1 Å². The van der Waals surface area contributed by atoms with Gasteiger partial charge in [0.1, 0.15) is 0 Å². The fourth-order valence-electron chi connectivity index (χ4n) is 3.22. The van der Waals surface area contributed by atoms with E-state index in [0.29, 0.717) is 12.4 Å². The molecule has 2 amide bonds. The van der Waals surface area contributed by atoms with Gasteiger partial charge < -0.3 is 10.4 Å². The molecule has 0 bridgehead atoms. The van der Waals surface area contributed by atoms with Crippen molar-refractivity contribution in [2.45, 2.75) is 32.7 Å². The van der Waals surface area contributed by atoms with Crippen molar-refractivity contribution in [1.29, 1.82) is 0 Å². The van der Waals surface area contributed by atoms with E-state index < -0.39 is 5.92 Å². The zero-order valence-electron chi connectivity index (χ0n) is 14.8. The number of amides is 2. The maximum absolute atomic E-state index is 12.6. The van der Waals surface area contributed by atoms with Crippen molar-refractivity contribution < 1.29 is 14.7 Å². The van der Waals surface area contributed by atoms with Crippen LogP contribution in [0.3, 0.4) is 0 Å². The Morgan fingerprint density at radius 3 is 3.00 bits per heavy atom. The van der Waals surface area contributed by atoms with E-state index in [4.69, 9.17) is 0 Å². The molecular formula is C18H23BrN4O3. The highest BCUT2D eigenvalue weighted by Gasteiger charge is 2.37. The van der Waals surface area contributed by atoms with Crippen LogP contribution in [0.5, 0.6) is 0 Å². The van der Waals surface area contributed by atoms with E-state index in [-0.39, 0.29) is 36.8 Å². The summed E-state index contributed by atoms with van der Waals surface area (Å²) in [4.78, 5) is 26.6. The number of halogens is 1. The number of aliphatic hydroxyl groups is 1. The summed E-state index contributed by atoms with van der Waals surface area (Å²) in [6, 6.07) is 5.39. The first-order chi connectivity index (χ1) is 12.4. The van der Waals surface area contributed by atoms with E-state index in [1.807, 2.05) is 32.0 Å². The van der Waals surface area contributed by atoms with Crippen LogP contribution in [0.4, 0.5) is 5.82 Å². The van der Waals surface area contributed by atoms with Crippen LogP contribution in [-0.4, -0.2) is 46.3 Å². The van der Waals surface area contributed by atoms with Gasteiger partial charge in [0, 0.05) is 22.8 Å². The van der Waals surface area contributed by atoms with E-state index in [1.54, 1.807) is 4.90 Å². The van der Waals surface area contributed by atoms with Gasteiger partial charge >= 0.3 is 0 Å². The summed E-state index contributed by atoms with van der Waals surface area (Å²) < 4.78 is 0.922. The molecular weight excluding hydrogens is 400 g/mol. The Balaban J connectivity index is 1.74. The molecule has 0 radical (unpaired) electrons. The third kappa shape index (κ3) is 3.61. The SMILES string of the molecule is CC[C@H](C)[C@@H](CO)NC(=O)[C@@H]1CC(=O)N(c2n[nH]c3cc(Br)ccc23)C1. The van der Waals surface area contributed by atoms with Gasteiger partial charge in [0.25, 0.3) is 0 Å². The molecule has 3 rings (SSSR count). The molecule has 26 heavy (non-hydrogen) atoms. The number of hydrogen-bond donors (Lipinski definition) is 3. The van der Waals surface area contributed by atoms with Crippen LogP contribution in [0, 0.1) is 11.8 Å². The lowest BCUT2D eigenvalue weighted by atomic mass is 9.98. The fraction of sp³-hybridized carbons (Fsp3) is 0.500. The standard InChI is InChI=1S/C18H23BrN4O3/c1-3-10(2)15(9-24)20-18(26)11-6-16(25)23(8-11)17-13-5-4-12(19)7-14(13)21-22-17/h4-5,7,10-11,15,24H,3,6,8-9H2,1-2H3,(H,20,26)(H,21,22)/t10-,11+,15+/m0/s1. The first-order valence-corrected chi connectivity index (χ1v) is 9.59. The number of nitrogens with one attached hydrogen (secondary N) is 2. The van der Waals surface area contributed by atoms with Crippen molar-refractivity contribution >= 4 is 44.5 Å². The number of carbonyl (C=O) groups excluding carboxylic acids is 2. The fourth-order valence-corrected chi connectivity index (χ4v) is 3.59. The van der Waals surface area contributed by atoms with E-state index >= 15 is 0 Å². The first-order valence-electron chi connectivity index (χ1n) is 8.79. The van der Waals surface area contributed by atoms with Crippen LogP contribution in [0.15, 0.2) is 22.7 Å². The molecule has 2 heterocycles. The average molecular weight is 423 g/mol. The molecule has 2 aromatic rings. The number of fused-ring (bicyclic) bond motifs is 1. The summed E-state index contributed by atoms with van der Waals surface area (Å²) >= 11 is 3.41. The van der Waals surface area contributed by atoms with E-state index in [0.717, 1.165) is 21.8 Å². The zero-order chi connectivity index (χ0) is 18.8. The number of anilines is 1. The number of hydrogen-bond acceptors (Lipinski definition) is 4. The van der Waals surface area contributed by atoms with Crippen LogP contribution in [0.2, 0.25) is 0 Å². The Morgan fingerprint density at radius 2 is 2.31 bits per heavy atom. The van der Waals surface area contributed by atoms with E-state index in [9.17, 15) is 14.7 Å². The highest BCUT2D eigenvalue weighted by Crippen LogP contribution is 2.31. The Labute approximate surface area is 160 Å². The van der Waals surface area contributed by atoms with Crippen LogP contribution < -0.4 is 10.2 Å². The molecule has 0 unspecified atom stereocenters. The summed E-state index contributed by atoms with van der Waals surface area (Å²) in [6.45, 7) is 4.19. The third-order valence-electron chi connectivity index (χ3n) is 5.11. The van der Waals surface area contributed by atoms with Crippen LogP contribution in [0.25, 0.3) is 10.9 Å². The molecule has 8 heteroatoms. The number of nitrogens with zero attached hydrogens (tertiary/aromatic N) is 2. The van der Waals surface area contributed by atoms with E-state index in [1.165, 1.54) is 0 Å². The average Bonchev–Trinajstić information content (AvgIpc) is 3.21. The third-order valence-corrected chi connectivity index (χ3v) is 5.60. The Bertz CT molecular complexity index is 822. The minimum absolute atomic E-state index is 0.107. The summed E-state index contributed by atoms with van der Waals surface area (Å²) in [5, 5.41) is 20.4. The number of aliphatic hydroxyl groups excluding tert-OH is 1. The van der Waals surface area contributed by atoms with Crippen molar-refractivity contribution in [2.24, 2.45) is 11.8 Å². The quantitative estimate of drug-likeness (QED) is 0.664. The van der Waals surface area contributed by atoms with Crippen molar-refractivity contribution in [3.05, 3.63) is 22.7 Å². The number of H-pyrrole nitrogens is 1. The number of aromatic amines is 1. The molecule has 0 aliphatic carbocycles. The Kier molecular flexibility index (Phi) is 5.62. The molecule has 1 aliphatic rings. The lowest BCUT2D eigenvalue weighted by Crippen LogP contribution is -2.45. The Hall–Kier alpha value is -1.93. The van der Waals surface area contributed by atoms with Gasteiger partial charge in [0.2, 0.25) is 11.8 Å². The van der Waals surface area contributed by atoms with Crippen molar-refractivity contribution in [3.63, 3.8) is 0 Å². The van der Waals surface area contributed by atoms with Gasteiger partial charge in [-0.2, -0.15) is 5.10 Å². The predicted octanol–water partition coefficient (Wildman–Crippen LogP) is 2.20. The maximum atomic E-state index is 12.6. The maximum Gasteiger partial charge on any atom is 0.229 e. The van der Waals surface area contributed by atoms with Crippen LogP contribution in [0.1, 0.15) is 26.7 Å². The molecule has 140 valence electrons. The molecule has 3 atom stereocenters. The second kappa shape index (κ2) is 7.75. The zero-order valence-corrected chi connectivity index (χ0v) is 16.4. The number of benzene rings is 1. The molecule has 3 N–H and O–H groups in total. The summed E-state index contributed by atoms with van der Waals surface area (Å²) in [6.07, 6.45) is 1.01. The Morgan fingerprint density at radius 1 is 1.54 bits per heavy atom. The van der Waals surface area contributed by atoms with Gasteiger partial charge in [-0.25, -0.2) is 0 Å². The lowest BCUT2D eigenvalue weighted by Gasteiger charge is -2.23. The highest BCUT2D eigenvalue weighted by atomic mass is 79.9. The van der Waals surface area contributed by atoms with Crippen molar-refractivity contribution in [1.82, 2.24) is 15.5 Å². The number of aromatic nitrogens is 2. The van der Waals surface area contributed by atoms with Crippen LogP contribution >= 0.6 is 15.9 Å². The van der Waals surface area contributed by atoms with Gasteiger partial charge in [-0.15, -0.1) is 0 Å². The second-order valence-corrected chi connectivity index (χ2v) is 7.74. The lowest BCUT2D eigenvalue weighted by molar-refractivity contribution is -0.127. The summed E-state index contributed by atoms with van der Waals surface area (Å²) in [5.41, 5.74) is 0.826. The second-order valence-electron chi connectivity index (χ2n) is 6.83. The molecule has 1 aromatic heterocycles. The number of rotatable bonds is 6. The van der Waals surface area contributed by atoms with Gasteiger partial charge in [-0.1, -0.05) is 36.2 Å². The molecule has 1 aliphatic heterocycles. The topological polar surface area (TPSA) is 98.3 Å². The molecule has 1 saturated heterocycles. The monoisotopic (exact) mass is 422 g/mol. The molecule has 7 nitrogen and oxygen atoms in total. The normalized spacial score (nSPS) is 19.8. The van der Waals surface area contributed by atoms with Gasteiger partial charge in [-0.3, -0.25) is 19.6 Å². The summed E-state index contributed by atoms with van der Waals surface area (Å²) in [5.74, 6) is -0.0320. The van der Waals surface area contributed by atoms with Gasteiger partial charge in [0.15, 0.2) is 5.82 Å². The number of carbonyl (C=O) groups is 2. The molecule has 0 spiro atoms.